The second-order valence-electron chi connectivity index (χ2n) is 5.31. The summed E-state index contributed by atoms with van der Waals surface area (Å²) in [7, 11) is -3.28. The lowest BCUT2D eigenvalue weighted by Gasteiger charge is -2.31. The van der Waals surface area contributed by atoms with Gasteiger partial charge in [-0.2, -0.15) is 4.31 Å². The standard InChI is InChI=1S/C15H19NO4S2/c1-12-4-5-14(20-12)15-11-16(7-8-19-15)22(17,18)10-6-13-3-2-9-21-13/h2-5,9,15H,6-8,10-11H2,1H3. The quantitative estimate of drug-likeness (QED) is 0.839. The molecule has 3 rings (SSSR count). The normalized spacial score (nSPS) is 20.3. The van der Waals surface area contributed by atoms with E-state index >= 15 is 0 Å². The third-order valence-corrected chi connectivity index (χ3v) is 6.46. The predicted octanol–water partition coefficient (Wildman–Crippen LogP) is 2.60. The van der Waals surface area contributed by atoms with Crippen LogP contribution < -0.4 is 0 Å². The Morgan fingerprint density at radius 2 is 2.23 bits per heavy atom. The second kappa shape index (κ2) is 6.54. The molecule has 3 heterocycles. The Morgan fingerprint density at radius 3 is 2.91 bits per heavy atom. The van der Waals surface area contributed by atoms with E-state index in [1.165, 1.54) is 4.31 Å². The minimum Gasteiger partial charge on any atom is -0.464 e. The van der Waals surface area contributed by atoms with E-state index in [0.717, 1.165) is 10.6 Å². The Hall–Kier alpha value is -1.15. The predicted molar refractivity (Wildman–Crippen MR) is 85.5 cm³/mol. The van der Waals surface area contributed by atoms with Crippen LogP contribution in [0.2, 0.25) is 0 Å². The number of hydrogen-bond acceptors (Lipinski definition) is 5. The van der Waals surface area contributed by atoms with E-state index in [4.69, 9.17) is 9.15 Å². The van der Waals surface area contributed by atoms with Crippen molar-refractivity contribution in [3.05, 3.63) is 46.0 Å². The van der Waals surface area contributed by atoms with E-state index in [2.05, 4.69) is 0 Å². The van der Waals surface area contributed by atoms with Crippen molar-refractivity contribution in [2.24, 2.45) is 0 Å². The zero-order valence-electron chi connectivity index (χ0n) is 12.4. The molecular formula is C15H19NO4S2. The first kappa shape index (κ1) is 15.7. The Morgan fingerprint density at radius 1 is 1.36 bits per heavy atom. The van der Waals surface area contributed by atoms with Gasteiger partial charge < -0.3 is 9.15 Å². The van der Waals surface area contributed by atoms with Crippen LogP contribution in [0.4, 0.5) is 0 Å². The fourth-order valence-electron chi connectivity index (χ4n) is 2.49. The fourth-order valence-corrected chi connectivity index (χ4v) is 4.78. The number of hydrogen-bond donors (Lipinski definition) is 0. The van der Waals surface area contributed by atoms with Crippen molar-refractivity contribution in [3.8, 4) is 0 Å². The molecule has 7 heteroatoms. The molecule has 1 aliphatic heterocycles. The van der Waals surface area contributed by atoms with Crippen LogP contribution in [-0.2, 0) is 21.2 Å². The first-order chi connectivity index (χ1) is 10.5. The molecule has 1 unspecified atom stereocenters. The monoisotopic (exact) mass is 341 g/mol. The Balaban J connectivity index is 1.65. The maximum atomic E-state index is 12.5. The Labute approximate surface area is 134 Å². The Bertz CT molecular complexity index is 706. The molecule has 5 nitrogen and oxygen atoms in total. The van der Waals surface area contributed by atoms with Crippen molar-refractivity contribution >= 4 is 21.4 Å². The van der Waals surface area contributed by atoms with E-state index in [1.807, 2.05) is 36.6 Å². The lowest BCUT2D eigenvalue weighted by Crippen LogP contribution is -2.43. The number of sulfonamides is 1. The molecule has 0 spiro atoms. The molecule has 1 atom stereocenters. The van der Waals surface area contributed by atoms with Gasteiger partial charge in [0.2, 0.25) is 10.0 Å². The molecule has 0 bridgehead atoms. The SMILES string of the molecule is Cc1ccc(C2CN(S(=O)(=O)CCc3cccs3)CCO2)o1. The minimum atomic E-state index is -3.28. The number of furan rings is 1. The molecule has 1 aliphatic rings. The number of ether oxygens (including phenoxy) is 1. The van der Waals surface area contributed by atoms with Gasteiger partial charge in [-0.05, 0) is 36.9 Å². The molecule has 0 amide bonds. The highest BCUT2D eigenvalue weighted by atomic mass is 32.2. The maximum absolute atomic E-state index is 12.5. The van der Waals surface area contributed by atoms with Gasteiger partial charge in [0, 0.05) is 18.0 Å². The average Bonchev–Trinajstić information content (AvgIpc) is 3.17. The smallest absolute Gasteiger partial charge is 0.214 e. The summed E-state index contributed by atoms with van der Waals surface area (Å²) in [6.45, 7) is 2.98. The largest absolute Gasteiger partial charge is 0.464 e. The molecule has 0 saturated carbocycles. The third-order valence-electron chi connectivity index (χ3n) is 3.69. The molecule has 0 N–H and O–H groups in total. The third kappa shape index (κ3) is 3.60. The molecule has 22 heavy (non-hydrogen) atoms. The molecular weight excluding hydrogens is 322 g/mol. The molecule has 0 aliphatic carbocycles. The highest BCUT2D eigenvalue weighted by Crippen LogP contribution is 2.25. The van der Waals surface area contributed by atoms with Crippen molar-refractivity contribution < 1.29 is 17.6 Å². The van der Waals surface area contributed by atoms with Crippen LogP contribution in [0.5, 0.6) is 0 Å². The van der Waals surface area contributed by atoms with Gasteiger partial charge in [0.15, 0.2) is 0 Å². The lowest BCUT2D eigenvalue weighted by molar-refractivity contribution is -0.0145. The van der Waals surface area contributed by atoms with Crippen LogP contribution in [0.25, 0.3) is 0 Å². The Kier molecular flexibility index (Phi) is 4.67. The summed E-state index contributed by atoms with van der Waals surface area (Å²) in [4.78, 5) is 1.09. The van der Waals surface area contributed by atoms with Gasteiger partial charge in [-0.3, -0.25) is 0 Å². The van der Waals surface area contributed by atoms with Crippen molar-refractivity contribution in [2.45, 2.75) is 19.4 Å². The van der Waals surface area contributed by atoms with Crippen LogP contribution in [-0.4, -0.2) is 38.2 Å². The van der Waals surface area contributed by atoms with Gasteiger partial charge in [0.25, 0.3) is 0 Å². The summed E-state index contributed by atoms with van der Waals surface area (Å²) in [5.41, 5.74) is 0. The van der Waals surface area contributed by atoms with Crippen LogP contribution in [0.15, 0.2) is 34.1 Å². The van der Waals surface area contributed by atoms with E-state index in [0.29, 0.717) is 31.9 Å². The maximum Gasteiger partial charge on any atom is 0.214 e. The van der Waals surface area contributed by atoms with Crippen LogP contribution >= 0.6 is 11.3 Å². The highest BCUT2D eigenvalue weighted by Gasteiger charge is 2.31. The van der Waals surface area contributed by atoms with Crippen molar-refractivity contribution in [1.29, 1.82) is 0 Å². The summed E-state index contributed by atoms with van der Waals surface area (Å²) in [5.74, 6) is 1.63. The zero-order chi connectivity index (χ0) is 15.6. The van der Waals surface area contributed by atoms with Gasteiger partial charge >= 0.3 is 0 Å². The summed E-state index contributed by atoms with van der Waals surface area (Å²) in [5, 5.41) is 1.96. The van der Waals surface area contributed by atoms with Crippen LogP contribution in [0.1, 0.15) is 22.5 Å². The number of aryl methyl sites for hydroxylation is 2. The van der Waals surface area contributed by atoms with E-state index in [9.17, 15) is 8.42 Å². The molecule has 0 radical (unpaired) electrons. The molecule has 1 saturated heterocycles. The van der Waals surface area contributed by atoms with Gasteiger partial charge in [0.1, 0.15) is 17.6 Å². The number of morpholine rings is 1. The summed E-state index contributed by atoms with van der Waals surface area (Å²) in [6.07, 6.45) is 0.237. The minimum absolute atomic E-state index is 0.136. The first-order valence-corrected chi connectivity index (χ1v) is 9.71. The zero-order valence-corrected chi connectivity index (χ0v) is 14.0. The molecule has 2 aromatic heterocycles. The van der Waals surface area contributed by atoms with E-state index in [1.54, 1.807) is 11.3 Å². The molecule has 2 aromatic rings. The lowest BCUT2D eigenvalue weighted by atomic mass is 10.2. The highest BCUT2D eigenvalue weighted by molar-refractivity contribution is 7.89. The molecule has 1 fully saturated rings. The van der Waals surface area contributed by atoms with E-state index < -0.39 is 10.0 Å². The summed E-state index contributed by atoms with van der Waals surface area (Å²) < 4.78 is 37.7. The number of nitrogens with zero attached hydrogens (tertiary/aromatic N) is 1. The van der Waals surface area contributed by atoms with Crippen molar-refractivity contribution in [1.82, 2.24) is 4.31 Å². The first-order valence-electron chi connectivity index (χ1n) is 7.23. The van der Waals surface area contributed by atoms with Crippen molar-refractivity contribution in [2.75, 3.05) is 25.4 Å². The van der Waals surface area contributed by atoms with Gasteiger partial charge in [-0.15, -0.1) is 11.3 Å². The molecule has 120 valence electrons. The van der Waals surface area contributed by atoms with Gasteiger partial charge in [0.05, 0.1) is 12.4 Å². The van der Waals surface area contributed by atoms with Gasteiger partial charge in [-0.25, -0.2) is 8.42 Å². The number of thiophene rings is 1. The fraction of sp³-hybridized carbons (Fsp3) is 0.467. The topological polar surface area (TPSA) is 59.8 Å². The second-order valence-corrected chi connectivity index (χ2v) is 8.43. The van der Waals surface area contributed by atoms with E-state index in [-0.39, 0.29) is 11.9 Å². The number of rotatable bonds is 5. The van der Waals surface area contributed by atoms with Crippen LogP contribution in [0, 0.1) is 6.92 Å². The van der Waals surface area contributed by atoms with Gasteiger partial charge in [-0.1, -0.05) is 6.07 Å². The van der Waals surface area contributed by atoms with Crippen molar-refractivity contribution in [3.63, 3.8) is 0 Å². The average molecular weight is 341 g/mol. The summed E-state index contributed by atoms with van der Waals surface area (Å²) in [6, 6.07) is 7.62. The molecule has 0 aromatic carbocycles. The van der Waals surface area contributed by atoms with Crippen LogP contribution in [0.3, 0.4) is 0 Å². The summed E-state index contributed by atoms with van der Waals surface area (Å²) >= 11 is 1.59.